The van der Waals surface area contributed by atoms with Gasteiger partial charge in [0.15, 0.2) is 0 Å². The number of anilines is 1. The zero-order valence-corrected chi connectivity index (χ0v) is 10.6. The molecule has 0 aliphatic heterocycles. The molecule has 0 aliphatic rings. The van der Waals surface area contributed by atoms with Gasteiger partial charge in [-0.15, -0.1) is 0 Å². The zero-order valence-electron chi connectivity index (χ0n) is 10.6. The summed E-state index contributed by atoms with van der Waals surface area (Å²) in [6.45, 7) is 1.71. The number of hydrogen-bond acceptors (Lipinski definition) is 2. The lowest BCUT2D eigenvalue weighted by molar-refractivity contribution is 0.102. The van der Waals surface area contributed by atoms with Gasteiger partial charge in [0, 0.05) is 0 Å². The Morgan fingerprint density at radius 1 is 1.20 bits per heavy atom. The zero-order chi connectivity index (χ0) is 14.7. The van der Waals surface area contributed by atoms with Crippen molar-refractivity contribution < 1.29 is 13.6 Å². The van der Waals surface area contributed by atoms with E-state index >= 15 is 0 Å². The first-order chi connectivity index (χ1) is 9.51. The van der Waals surface area contributed by atoms with Crippen LogP contribution >= 0.6 is 0 Å². The molecule has 5 heteroatoms. The number of halogens is 2. The molecule has 0 bridgehead atoms. The third-order valence-corrected chi connectivity index (χ3v) is 2.72. The number of nitriles is 1. The van der Waals surface area contributed by atoms with Gasteiger partial charge >= 0.3 is 0 Å². The smallest absolute Gasteiger partial charge is 0.258 e. The lowest BCUT2D eigenvalue weighted by atomic mass is 10.1. The van der Waals surface area contributed by atoms with Crippen LogP contribution in [0.2, 0.25) is 0 Å². The van der Waals surface area contributed by atoms with E-state index in [2.05, 4.69) is 5.32 Å². The van der Waals surface area contributed by atoms with Crippen molar-refractivity contribution in [1.82, 2.24) is 0 Å². The van der Waals surface area contributed by atoms with Gasteiger partial charge in [0.25, 0.3) is 5.91 Å². The van der Waals surface area contributed by atoms with Crippen LogP contribution in [0.3, 0.4) is 0 Å². The lowest BCUT2D eigenvalue weighted by Gasteiger charge is -2.08. The Balaban J connectivity index is 2.31. The standard InChI is InChI=1S/C15H10F2N2O/c1-9-2-4-12(13(17)6-9)15(20)19-14-5-3-11(16)7-10(14)8-18/h2-7H,1H3,(H,19,20). The van der Waals surface area contributed by atoms with E-state index in [0.717, 1.165) is 12.1 Å². The average Bonchev–Trinajstić information content (AvgIpc) is 2.40. The SMILES string of the molecule is Cc1ccc(C(=O)Nc2ccc(F)cc2C#N)c(F)c1. The number of carbonyl (C=O) groups is 1. The fourth-order valence-corrected chi connectivity index (χ4v) is 1.71. The fraction of sp³-hybridized carbons (Fsp3) is 0.0667. The van der Waals surface area contributed by atoms with Crippen LogP contribution in [0.5, 0.6) is 0 Å². The molecule has 0 unspecified atom stereocenters. The van der Waals surface area contributed by atoms with Crippen molar-refractivity contribution in [2.75, 3.05) is 5.32 Å². The van der Waals surface area contributed by atoms with Crippen LogP contribution < -0.4 is 5.32 Å². The van der Waals surface area contributed by atoms with Crippen molar-refractivity contribution in [2.24, 2.45) is 0 Å². The normalized spacial score (nSPS) is 9.90. The summed E-state index contributed by atoms with van der Waals surface area (Å²) in [7, 11) is 0. The number of benzene rings is 2. The molecule has 0 fully saturated rings. The van der Waals surface area contributed by atoms with Gasteiger partial charge in [-0.05, 0) is 42.8 Å². The van der Waals surface area contributed by atoms with Crippen LogP contribution in [0, 0.1) is 29.9 Å². The maximum atomic E-state index is 13.7. The number of aryl methyl sites for hydroxylation is 1. The highest BCUT2D eigenvalue weighted by Gasteiger charge is 2.14. The van der Waals surface area contributed by atoms with Gasteiger partial charge in [-0.2, -0.15) is 5.26 Å². The van der Waals surface area contributed by atoms with Gasteiger partial charge in [-0.3, -0.25) is 4.79 Å². The molecule has 3 nitrogen and oxygen atoms in total. The number of nitrogens with zero attached hydrogens (tertiary/aromatic N) is 1. The Bertz CT molecular complexity index is 720. The molecule has 0 heterocycles. The van der Waals surface area contributed by atoms with Gasteiger partial charge in [0.1, 0.15) is 17.7 Å². The van der Waals surface area contributed by atoms with Crippen molar-refractivity contribution in [2.45, 2.75) is 6.92 Å². The molecule has 20 heavy (non-hydrogen) atoms. The molecule has 2 aromatic carbocycles. The largest absolute Gasteiger partial charge is 0.321 e. The summed E-state index contributed by atoms with van der Waals surface area (Å²) in [6.07, 6.45) is 0. The van der Waals surface area contributed by atoms with Crippen LogP contribution in [0.25, 0.3) is 0 Å². The van der Waals surface area contributed by atoms with E-state index in [1.807, 2.05) is 0 Å². The second-order valence-electron chi connectivity index (χ2n) is 4.24. The van der Waals surface area contributed by atoms with Crippen LogP contribution in [-0.4, -0.2) is 5.91 Å². The monoisotopic (exact) mass is 272 g/mol. The predicted molar refractivity (Wildman–Crippen MR) is 70.2 cm³/mol. The maximum Gasteiger partial charge on any atom is 0.258 e. The van der Waals surface area contributed by atoms with E-state index in [-0.39, 0.29) is 16.8 Å². The quantitative estimate of drug-likeness (QED) is 0.911. The van der Waals surface area contributed by atoms with E-state index in [4.69, 9.17) is 5.26 Å². The van der Waals surface area contributed by atoms with E-state index in [0.29, 0.717) is 5.56 Å². The summed E-state index contributed by atoms with van der Waals surface area (Å²) >= 11 is 0. The van der Waals surface area contributed by atoms with Crippen LogP contribution in [0.1, 0.15) is 21.5 Å². The van der Waals surface area contributed by atoms with E-state index in [1.165, 1.54) is 18.2 Å². The minimum Gasteiger partial charge on any atom is -0.321 e. The molecular formula is C15H10F2N2O. The molecule has 2 aromatic rings. The summed E-state index contributed by atoms with van der Waals surface area (Å²) in [6, 6.07) is 9.35. The van der Waals surface area contributed by atoms with Crippen molar-refractivity contribution in [3.05, 3.63) is 64.7 Å². The number of nitrogens with one attached hydrogen (secondary N) is 1. The van der Waals surface area contributed by atoms with Gasteiger partial charge < -0.3 is 5.32 Å². The summed E-state index contributed by atoms with van der Waals surface area (Å²) in [5.74, 6) is -1.92. The highest BCUT2D eigenvalue weighted by molar-refractivity contribution is 6.05. The maximum absolute atomic E-state index is 13.7. The molecule has 0 spiro atoms. The Morgan fingerprint density at radius 2 is 1.95 bits per heavy atom. The first kappa shape index (κ1) is 13.7. The molecule has 1 N–H and O–H groups in total. The minimum atomic E-state index is -0.689. The van der Waals surface area contributed by atoms with Gasteiger partial charge in [-0.25, -0.2) is 8.78 Å². The summed E-state index contributed by atoms with van der Waals surface area (Å²) in [4.78, 5) is 11.9. The molecule has 100 valence electrons. The molecule has 0 atom stereocenters. The van der Waals surface area contributed by atoms with Crippen molar-refractivity contribution in [1.29, 1.82) is 5.26 Å². The first-order valence-electron chi connectivity index (χ1n) is 5.78. The fourth-order valence-electron chi connectivity index (χ4n) is 1.71. The van der Waals surface area contributed by atoms with Crippen LogP contribution in [0.4, 0.5) is 14.5 Å². The third-order valence-electron chi connectivity index (χ3n) is 2.72. The Labute approximate surface area is 114 Å². The number of rotatable bonds is 2. The number of carbonyl (C=O) groups excluding carboxylic acids is 1. The van der Waals surface area contributed by atoms with Crippen LogP contribution in [-0.2, 0) is 0 Å². The summed E-state index contributed by atoms with van der Waals surface area (Å²) in [5, 5.41) is 11.3. The average molecular weight is 272 g/mol. The topological polar surface area (TPSA) is 52.9 Å². The Hall–Kier alpha value is -2.74. The second-order valence-corrected chi connectivity index (χ2v) is 4.24. The van der Waals surface area contributed by atoms with Crippen LogP contribution in [0.15, 0.2) is 36.4 Å². The molecule has 0 radical (unpaired) electrons. The van der Waals surface area contributed by atoms with E-state index in [9.17, 15) is 13.6 Å². The van der Waals surface area contributed by atoms with Crippen molar-refractivity contribution >= 4 is 11.6 Å². The lowest BCUT2D eigenvalue weighted by Crippen LogP contribution is -2.14. The molecular weight excluding hydrogens is 262 g/mol. The van der Waals surface area contributed by atoms with Crippen molar-refractivity contribution in [3.63, 3.8) is 0 Å². The van der Waals surface area contributed by atoms with Crippen molar-refractivity contribution in [3.8, 4) is 6.07 Å². The molecule has 1 amide bonds. The highest BCUT2D eigenvalue weighted by Crippen LogP contribution is 2.18. The number of hydrogen-bond donors (Lipinski definition) is 1. The second kappa shape index (κ2) is 5.49. The molecule has 0 aliphatic carbocycles. The summed E-state index contributed by atoms with van der Waals surface area (Å²) in [5.41, 5.74) is 0.673. The summed E-state index contributed by atoms with van der Waals surface area (Å²) < 4.78 is 26.6. The minimum absolute atomic E-state index is 0.0223. The van der Waals surface area contributed by atoms with Gasteiger partial charge in [0.05, 0.1) is 16.8 Å². The Kier molecular flexibility index (Phi) is 3.76. The predicted octanol–water partition coefficient (Wildman–Crippen LogP) is 3.40. The first-order valence-corrected chi connectivity index (χ1v) is 5.78. The molecule has 0 saturated heterocycles. The van der Waals surface area contributed by atoms with Gasteiger partial charge in [0.2, 0.25) is 0 Å². The molecule has 0 aromatic heterocycles. The molecule has 2 rings (SSSR count). The third kappa shape index (κ3) is 2.81. The Morgan fingerprint density at radius 3 is 2.60 bits per heavy atom. The highest BCUT2D eigenvalue weighted by atomic mass is 19.1. The van der Waals surface area contributed by atoms with E-state index in [1.54, 1.807) is 19.1 Å². The van der Waals surface area contributed by atoms with Gasteiger partial charge in [-0.1, -0.05) is 6.07 Å². The number of amides is 1. The van der Waals surface area contributed by atoms with E-state index < -0.39 is 17.5 Å². The molecule has 0 saturated carbocycles.